The summed E-state index contributed by atoms with van der Waals surface area (Å²) in [5.74, 6) is 0.290. The minimum atomic E-state index is -1.06. The number of epoxide rings is 1. The summed E-state index contributed by atoms with van der Waals surface area (Å²) < 4.78 is 12.0. The Morgan fingerprint density at radius 1 is 1.34 bits per heavy atom. The Morgan fingerprint density at radius 2 is 2.07 bits per heavy atom. The van der Waals surface area contributed by atoms with Crippen LogP contribution in [-0.4, -0.2) is 51.5 Å². The lowest BCUT2D eigenvalue weighted by molar-refractivity contribution is -0.233. The molecule has 0 aromatic heterocycles. The molecule has 0 aromatic carbocycles. The zero-order valence-corrected chi connectivity index (χ0v) is 19.4. The van der Waals surface area contributed by atoms with E-state index in [0.717, 1.165) is 30.4 Å². The smallest absolute Gasteiger partial charge is 0.334 e. The normalized spacial score (nSPS) is 53.2. The number of carbonyl (C=O) groups is 1. The lowest BCUT2D eigenvalue weighted by atomic mass is 9.41. The summed E-state index contributed by atoms with van der Waals surface area (Å²) >= 11 is 3.94. The van der Waals surface area contributed by atoms with Crippen LogP contribution >= 0.6 is 15.9 Å². The van der Waals surface area contributed by atoms with E-state index < -0.39 is 11.2 Å². The van der Waals surface area contributed by atoms with Gasteiger partial charge in [-0.15, -0.1) is 0 Å². The van der Waals surface area contributed by atoms with Gasteiger partial charge >= 0.3 is 5.97 Å². The number of carbonyl (C=O) groups excluding carboxylic acids is 1. The van der Waals surface area contributed by atoms with Crippen molar-refractivity contribution in [2.24, 2.45) is 35.0 Å². The van der Waals surface area contributed by atoms with Crippen LogP contribution in [0.3, 0.4) is 0 Å². The van der Waals surface area contributed by atoms with Gasteiger partial charge in [-0.25, -0.2) is 4.79 Å². The number of esters is 1. The van der Waals surface area contributed by atoms with Crippen molar-refractivity contribution in [1.82, 2.24) is 0 Å². The second kappa shape index (κ2) is 6.30. The van der Waals surface area contributed by atoms with Crippen molar-refractivity contribution in [3.05, 3.63) is 11.1 Å². The molecule has 5 nitrogen and oxygen atoms in total. The number of rotatable bonds is 3. The third-order valence-corrected chi connectivity index (χ3v) is 10.6. The van der Waals surface area contributed by atoms with Crippen molar-refractivity contribution in [3.8, 4) is 0 Å². The molecule has 2 N–H and O–H groups in total. The number of hydrogen-bond acceptors (Lipinski definition) is 5. The molecule has 2 aliphatic heterocycles. The number of hydrogen-bond donors (Lipinski definition) is 2. The first-order valence-electron chi connectivity index (χ1n) is 11.2. The van der Waals surface area contributed by atoms with Gasteiger partial charge in [-0.2, -0.15) is 0 Å². The van der Waals surface area contributed by atoms with E-state index in [1.165, 1.54) is 0 Å². The number of cyclic esters (lactones) is 1. The van der Waals surface area contributed by atoms with Crippen molar-refractivity contribution in [3.63, 3.8) is 0 Å². The predicted molar refractivity (Wildman–Crippen MR) is 111 cm³/mol. The average Bonchev–Trinajstić information content (AvgIpc) is 3.36. The summed E-state index contributed by atoms with van der Waals surface area (Å²) in [6.07, 6.45) is 3.09. The van der Waals surface area contributed by atoms with Crippen molar-refractivity contribution >= 4 is 21.9 Å². The summed E-state index contributed by atoms with van der Waals surface area (Å²) in [6.45, 7) is 9.09. The quantitative estimate of drug-likeness (QED) is 0.377. The molecule has 3 aliphatic carbocycles. The number of aliphatic hydroxyl groups is 2. The number of fused-ring (bicyclic) bond motifs is 2. The molecule has 162 valence electrons. The fraction of sp³-hybridized carbons (Fsp3) is 0.870. The maximum absolute atomic E-state index is 12.5. The van der Waals surface area contributed by atoms with Crippen molar-refractivity contribution in [2.45, 2.75) is 75.5 Å². The SMILES string of the molecule is CC[C@@H]1CC2C3=C(CC[C@]2(C)[C@]24O[C@H]2C(Br)C(C(C)C)[C@@H](CO)[C@]14O)C(=O)OC3. The molecule has 0 aromatic rings. The van der Waals surface area contributed by atoms with Gasteiger partial charge in [0.15, 0.2) is 0 Å². The highest BCUT2D eigenvalue weighted by atomic mass is 79.9. The summed E-state index contributed by atoms with van der Waals surface area (Å²) in [4.78, 5) is 12.3. The average molecular weight is 469 g/mol. The third kappa shape index (κ3) is 2.15. The van der Waals surface area contributed by atoms with Crippen LogP contribution in [0.1, 0.15) is 53.4 Å². The van der Waals surface area contributed by atoms with Gasteiger partial charge in [-0.05, 0) is 48.5 Å². The zero-order chi connectivity index (χ0) is 20.9. The fourth-order valence-corrected chi connectivity index (χ4v) is 9.60. The lowest BCUT2D eigenvalue weighted by Crippen LogP contribution is -2.74. The Balaban J connectivity index is 1.68. The van der Waals surface area contributed by atoms with Gasteiger partial charge in [0, 0.05) is 28.3 Å². The minimum absolute atomic E-state index is 0.0199. The first kappa shape index (κ1) is 20.5. The van der Waals surface area contributed by atoms with E-state index in [1.54, 1.807) is 0 Å². The Kier molecular flexibility index (Phi) is 4.45. The molecule has 2 heterocycles. The Labute approximate surface area is 181 Å². The molecule has 5 rings (SSSR count). The fourth-order valence-electron chi connectivity index (χ4n) is 8.14. The van der Waals surface area contributed by atoms with Gasteiger partial charge in [0.25, 0.3) is 0 Å². The van der Waals surface area contributed by atoms with Gasteiger partial charge in [0.1, 0.15) is 23.9 Å². The van der Waals surface area contributed by atoms with Crippen LogP contribution in [-0.2, 0) is 14.3 Å². The van der Waals surface area contributed by atoms with Crippen LogP contribution in [0.4, 0.5) is 0 Å². The third-order valence-electron chi connectivity index (χ3n) is 9.47. The number of alkyl halides is 1. The van der Waals surface area contributed by atoms with Gasteiger partial charge in [-0.1, -0.05) is 50.0 Å². The topological polar surface area (TPSA) is 79.3 Å². The van der Waals surface area contributed by atoms with Crippen molar-refractivity contribution in [2.75, 3.05) is 13.2 Å². The van der Waals surface area contributed by atoms with Gasteiger partial charge < -0.3 is 19.7 Å². The van der Waals surface area contributed by atoms with E-state index in [-0.39, 0.29) is 52.6 Å². The molecule has 3 unspecified atom stereocenters. The predicted octanol–water partition coefficient (Wildman–Crippen LogP) is 3.21. The molecule has 0 bridgehead atoms. The maximum atomic E-state index is 12.5. The van der Waals surface area contributed by atoms with Gasteiger partial charge in [0.05, 0.1) is 0 Å². The molecule has 2 saturated carbocycles. The maximum Gasteiger partial charge on any atom is 0.334 e. The number of aliphatic hydroxyl groups excluding tert-OH is 1. The van der Waals surface area contributed by atoms with E-state index in [4.69, 9.17) is 9.47 Å². The van der Waals surface area contributed by atoms with Gasteiger partial charge in [-0.3, -0.25) is 0 Å². The Morgan fingerprint density at radius 3 is 2.69 bits per heavy atom. The minimum Gasteiger partial charge on any atom is -0.458 e. The summed E-state index contributed by atoms with van der Waals surface area (Å²) in [6, 6.07) is 0. The number of halogens is 1. The van der Waals surface area contributed by atoms with E-state index in [9.17, 15) is 15.0 Å². The van der Waals surface area contributed by atoms with Crippen LogP contribution in [0.25, 0.3) is 0 Å². The zero-order valence-electron chi connectivity index (χ0n) is 17.8. The molecule has 9 atom stereocenters. The van der Waals surface area contributed by atoms with E-state index in [1.807, 2.05) is 0 Å². The molecular weight excluding hydrogens is 436 g/mol. The van der Waals surface area contributed by atoms with E-state index in [0.29, 0.717) is 18.9 Å². The summed E-state index contributed by atoms with van der Waals surface area (Å²) in [5.41, 5.74) is -0.00274. The molecule has 0 radical (unpaired) electrons. The molecule has 1 saturated heterocycles. The highest BCUT2D eigenvalue weighted by Gasteiger charge is 2.87. The Hall–Kier alpha value is -0.430. The van der Waals surface area contributed by atoms with Crippen molar-refractivity contribution < 1.29 is 24.5 Å². The summed E-state index contributed by atoms with van der Waals surface area (Å²) in [7, 11) is 0. The first-order chi connectivity index (χ1) is 13.7. The molecule has 5 aliphatic rings. The van der Waals surface area contributed by atoms with Crippen LogP contribution in [0.5, 0.6) is 0 Å². The Bertz CT molecular complexity index is 779. The van der Waals surface area contributed by atoms with Crippen LogP contribution in [0.15, 0.2) is 11.1 Å². The van der Waals surface area contributed by atoms with E-state index >= 15 is 0 Å². The van der Waals surface area contributed by atoms with Crippen LogP contribution in [0, 0.1) is 35.0 Å². The standard InChI is InChI=1S/C23H33BrO5/c1-5-12-8-15-14-10-28-20(26)13(14)6-7-21(15,4)23-19(29-23)18(24)17(11(2)3)16(9-25)22(12,23)27/h11-12,15-19,25,27H,5-10H2,1-4H3/t12-,15?,16-,17?,18?,19+,21+,22-,23-/m1/s1. The molecule has 29 heavy (non-hydrogen) atoms. The molecule has 1 spiro atoms. The largest absolute Gasteiger partial charge is 0.458 e. The highest BCUT2D eigenvalue weighted by Crippen LogP contribution is 2.76. The number of ether oxygens (including phenoxy) is 2. The highest BCUT2D eigenvalue weighted by molar-refractivity contribution is 9.09. The molecule has 0 amide bonds. The first-order valence-corrected chi connectivity index (χ1v) is 12.1. The molecule has 3 fully saturated rings. The second-order valence-corrected chi connectivity index (χ2v) is 11.6. The summed E-state index contributed by atoms with van der Waals surface area (Å²) in [5, 5.41) is 23.1. The lowest BCUT2D eigenvalue weighted by Gasteiger charge is -2.64. The van der Waals surface area contributed by atoms with Crippen LogP contribution in [0.2, 0.25) is 0 Å². The van der Waals surface area contributed by atoms with Crippen molar-refractivity contribution in [1.29, 1.82) is 0 Å². The second-order valence-electron chi connectivity index (χ2n) is 10.5. The van der Waals surface area contributed by atoms with Crippen LogP contribution < -0.4 is 0 Å². The molecular formula is C23H33BrO5. The molecule has 6 heteroatoms. The monoisotopic (exact) mass is 468 g/mol. The van der Waals surface area contributed by atoms with E-state index in [2.05, 4.69) is 43.6 Å². The van der Waals surface area contributed by atoms with Gasteiger partial charge in [0.2, 0.25) is 0 Å².